The van der Waals surface area contributed by atoms with Gasteiger partial charge in [-0.1, -0.05) is 30.3 Å². The van der Waals surface area contributed by atoms with Gasteiger partial charge in [0, 0.05) is 25.2 Å². The molecular weight excluding hydrogens is 340 g/mol. The number of benzene rings is 2. The van der Waals surface area contributed by atoms with Crippen LogP contribution in [0.3, 0.4) is 0 Å². The molecule has 0 radical (unpaired) electrons. The van der Waals surface area contributed by atoms with Crippen molar-refractivity contribution < 1.29 is 14.3 Å². The quantitative estimate of drug-likeness (QED) is 0.815. The molecule has 2 heterocycles. The molecule has 2 aliphatic heterocycles. The average Bonchev–Trinajstić information content (AvgIpc) is 3.36. The SMILES string of the molecule is O=C1CCCN1c1ccc(OCC(=O)N2CCC[C@H]2c2ccccc2)cc1. The molecule has 2 saturated heterocycles. The molecule has 0 unspecified atom stereocenters. The third-order valence-corrected chi connectivity index (χ3v) is 5.34. The van der Waals surface area contributed by atoms with Crippen LogP contribution in [0.4, 0.5) is 5.69 Å². The van der Waals surface area contributed by atoms with Crippen molar-refractivity contribution in [3.05, 3.63) is 60.2 Å². The summed E-state index contributed by atoms with van der Waals surface area (Å²) in [5.74, 6) is 0.828. The fourth-order valence-corrected chi connectivity index (χ4v) is 3.96. The molecule has 2 aromatic rings. The maximum atomic E-state index is 12.7. The van der Waals surface area contributed by atoms with Gasteiger partial charge in [0.1, 0.15) is 5.75 Å². The molecule has 2 amide bonds. The number of likely N-dealkylation sites (tertiary alicyclic amines) is 1. The zero-order valence-corrected chi connectivity index (χ0v) is 15.3. The minimum Gasteiger partial charge on any atom is -0.484 e. The van der Waals surface area contributed by atoms with E-state index >= 15 is 0 Å². The summed E-state index contributed by atoms with van der Waals surface area (Å²) in [4.78, 5) is 28.2. The Morgan fingerprint density at radius 3 is 2.48 bits per heavy atom. The fraction of sp³-hybridized carbons (Fsp3) is 0.364. The van der Waals surface area contributed by atoms with Gasteiger partial charge in [0.15, 0.2) is 6.61 Å². The van der Waals surface area contributed by atoms with E-state index in [-0.39, 0.29) is 24.5 Å². The number of anilines is 1. The van der Waals surface area contributed by atoms with Gasteiger partial charge >= 0.3 is 0 Å². The molecule has 5 nitrogen and oxygen atoms in total. The van der Waals surface area contributed by atoms with Crippen LogP contribution in [0, 0.1) is 0 Å². The predicted octanol–water partition coefficient (Wildman–Crippen LogP) is 3.56. The molecule has 0 aromatic heterocycles. The van der Waals surface area contributed by atoms with E-state index < -0.39 is 0 Å². The summed E-state index contributed by atoms with van der Waals surface area (Å²) in [7, 11) is 0. The smallest absolute Gasteiger partial charge is 0.261 e. The molecule has 0 spiro atoms. The molecule has 2 aliphatic rings. The first-order valence-corrected chi connectivity index (χ1v) is 9.60. The summed E-state index contributed by atoms with van der Waals surface area (Å²) in [6.45, 7) is 1.58. The van der Waals surface area contributed by atoms with E-state index in [0.717, 1.165) is 38.0 Å². The molecule has 1 atom stereocenters. The third-order valence-electron chi connectivity index (χ3n) is 5.34. The van der Waals surface area contributed by atoms with E-state index in [4.69, 9.17) is 4.74 Å². The summed E-state index contributed by atoms with van der Waals surface area (Å²) >= 11 is 0. The number of nitrogens with zero attached hydrogens (tertiary/aromatic N) is 2. The topological polar surface area (TPSA) is 49.9 Å². The van der Waals surface area contributed by atoms with Crippen molar-refractivity contribution in [1.29, 1.82) is 0 Å². The van der Waals surface area contributed by atoms with Gasteiger partial charge < -0.3 is 14.5 Å². The van der Waals surface area contributed by atoms with Crippen LogP contribution in [0.25, 0.3) is 0 Å². The maximum Gasteiger partial charge on any atom is 0.261 e. The Balaban J connectivity index is 1.35. The van der Waals surface area contributed by atoms with E-state index in [1.165, 1.54) is 5.56 Å². The van der Waals surface area contributed by atoms with Crippen molar-refractivity contribution >= 4 is 17.5 Å². The van der Waals surface area contributed by atoms with Crippen molar-refractivity contribution in [2.75, 3.05) is 24.6 Å². The first-order chi connectivity index (χ1) is 13.2. The van der Waals surface area contributed by atoms with Crippen LogP contribution in [0.1, 0.15) is 37.3 Å². The van der Waals surface area contributed by atoms with E-state index in [1.807, 2.05) is 47.4 Å². The zero-order valence-electron chi connectivity index (χ0n) is 15.3. The number of carbonyl (C=O) groups is 2. The van der Waals surface area contributed by atoms with Crippen molar-refractivity contribution in [3.63, 3.8) is 0 Å². The fourth-order valence-electron chi connectivity index (χ4n) is 3.96. The summed E-state index contributed by atoms with van der Waals surface area (Å²) < 4.78 is 5.71. The largest absolute Gasteiger partial charge is 0.484 e. The molecule has 2 aromatic carbocycles. The summed E-state index contributed by atoms with van der Waals surface area (Å²) in [5, 5.41) is 0. The Hall–Kier alpha value is -2.82. The second-order valence-corrected chi connectivity index (χ2v) is 7.09. The van der Waals surface area contributed by atoms with Gasteiger partial charge in [-0.2, -0.15) is 0 Å². The molecule has 2 fully saturated rings. The Labute approximate surface area is 159 Å². The van der Waals surface area contributed by atoms with Crippen molar-refractivity contribution in [3.8, 4) is 5.75 Å². The highest BCUT2D eigenvalue weighted by Crippen LogP contribution is 2.32. The Kier molecular flexibility index (Phi) is 5.10. The third kappa shape index (κ3) is 3.82. The molecule has 27 heavy (non-hydrogen) atoms. The molecule has 0 N–H and O–H groups in total. The van der Waals surface area contributed by atoms with Crippen LogP contribution in [-0.4, -0.2) is 36.4 Å². The Morgan fingerprint density at radius 2 is 1.78 bits per heavy atom. The molecule has 140 valence electrons. The van der Waals surface area contributed by atoms with Crippen LogP contribution in [0.15, 0.2) is 54.6 Å². The van der Waals surface area contributed by atoms with Gasteiger partial charge in [0.2, 0.25) is 5.91 Å². The van der Waals surface area contributed by atoms with Gasteiger partial charge in [0.25, 0.3) is 5.91 Å². The number of ether oxygens (including phenoxy) is 1. The van der Waals surface area contributed by atoms with E-state index in [2.05, 4.69) is 12.1 Å². The van der Waals surface area contributed by atoms with Crippen LogP contribution >= 0.6 is 0 Å². The number of amides is 2. The Morgan fingerprint density at radius 1 is 1.00 bits per heavy atom. The predicted molar refractivity (Wildman–Crippen MR) is 104 cm³/mol. The Bertz CT molecular complexity index is 804. The van der Waals surface area contributed by atoms with Gasteiger partial charge in [-0.3, -0.25) is 9.59 Å². The lowest BCUT2D eigenvalue weighted by atomic mass is 10.0. The van der Waals surface area contributed by atoms with Crippen LogP contribution in [0.2, 0.25) is 0 Å². The molecular formula is C22H24N2O3. The lowest BCUT2D eigenvalue weighted by molar-refractivity contribution is -0.134. The lowest BCUT2D eigenvalue weighted by Gasteiger charge is -2.25. The van der Waals surface area contributed by atoms with Crippen molar-refractivity contribution in [2.24, 2.45) is 0 Å². The monoisotopic (exact) mass is 364 g/mol. The van der Waals surface area contributed by atoms with Crippen LogP contribution in [0.5, 0.6) is 5.75 Å². The number of hydrogen-bond donors (Lipinski definition) is 0. The minimum atomic E-state index is 0.0140. The number of carbonyl (C=O) groups excluding carboxylic acids is 2. The van der Waals surface area contributed by atoms with Crippen LogP contribution < -0.4 is 9.64 Å². The molecule has 0 aliphatic carbocycles. The van der Waals surface area contributed by atoms with Gasteiger partial charge in [0.05, 0.1) is 6.04 Å². The second kappa shape index (κ2) is 7.82. The normalized spacial score (nSPS) is 19.6. The first-order valence-electron chi connectivity index (χ1n) is 9.60. The van der Waals surface area contributed by atoms with Gasteiger partial charge in [-0.25, -0.2) is 0 Å². The second-order valence-electron chi connectivity index (χ2n) is 7.09. The maximum absolute atomic E-state index is 12.7. The molecule has 0 bridgehead atoms. The summed E-state index contributed by atoms with van der Waals surface area (Å²) in [6, 6.07) is 17.7. The van der Waals surface area contributed by atoms with Gasteiger partial charge in [-0.15, -0.1) is 0 Å². The molecule has 4 rings (SSSR count). The van der Waals surface area contributed by atoms with E-state index in [9.17, 15) is 9.59 Å². The standard InChI is InChI=1S/C22H24N2O3/c25-21-9-5-14-23(21)18-10-12-19(13-11-18)27-16-22(26)24-15-4-8-20(24)17-6-2-1-3-7-17/h1-3,6-7,10-13,20H,4-5,8-9,14-16H2/t20-/m0/s1. The van der Waals surface area contributed by atoms with Crippen LogP contribution in [-0.2, 0) is 9.59 Å². The van der Waals surface area contributed by atoms with Crippen molar-refractivity contribution in [2.45, 2.75) is 31.7 Å². The zero-order chi connectivity index (χ0) is 18.6. The highest BCUT2D eigenvalue weighted by molar-refractivity contribution is 5.95. The van der Waals surface area contributed by atoms with Crippen molar-refractivity contribution in [1.82, 2.24) is 4.90 Å². The highest BCUT2D eigenvalue weighted by Gasteiger charge is 2.30. The summed E-state index contributed by atoms with van der Waals surface area (Å²) in [5.41, 5.74) is 2.07. The lowest BCUT2D eigenvalue weighted by Crippen LogP contribution is -2.34. The number of rotatable bonds is 5. The van der Waals surface area contributed by atoms with E-state index in [1.54, 1.807) is 4.90 Å². The number of hydrogen-bond acceptors (Lipinski definition) is 3. The highest BCUT2D eigenvalue weighted by atomic mass is 16.5. The minimum absolute atomic E-state index is 0.0140. The van der Waals surface area contributed by atoms with Gasteiger partial charge in [-0.05, 0) is 49.1 Å². The first kappa shape index (κ1) is 17.6. The summed E-state index contributed by atoms with van der Waals surface area (Å²) in [6.07, 6.45) is 3.54. The molecule has 0 saturated carbocycles. The average molecular weight is 364 g/mol. The van der Waals surface area contributed by atoms with E-state index in [0.29, 0.717) is 12.2 Å². The molecule has 5 heteroatoms.